The van der Waals surface area contributed by atoms with Crippen LogP contribution in [0.1, 0.15) is 0 Å². The average Bonchev–Trinajstić information content (AvgIpc) is 2.48. The maximum absolute atomic E-state index is 13.8. The van der Waals surface area contributed by atoms with Gasteiger partial charge in [0.05, 0.1) is 0 Å². The lowest BCUT2D eigenvalue weighted by Gasteiger charge is -2.20. The van der Waals surface area contributed by atoms with Crippen LogP contribution in [-0.4, -0.2) is 17.0 Å². The van der Waals surface area contributed by atoms with Crippen molar-refractivity contribution in [1.82, 2.24) is 9.97 Å². The minimum absolute atomic E-state index is 0.0281. The Kier molecular flexibility index (Phi) is 3.24. The van der Waals surface area contributed by atoms with E-state index in [2.05, 4.69) is 9.97 Å². The quantitative estimate of drug-likeness (QED) is 0.662. The highest BCUT2D eigenvalue weighted by Crippen LogP contribution is 2.30. The third kappa shape index (κ3) is 2.18. The SMILES string of the molecule is CN(c1ccccc1)c1nc(Cl)nc2c(F)cccc12. The number of aromatic nitrogens is 2. The number of rotatable bonds is 2. The molecular weight excluding hydrogens is 277 g/mol. The molecule has 0 N–H and O–H groups in total. The number of benzene rings is 2. The number of anilines is 2. The third-order valence-corrected chi connectivity index (χ3v) is 3.26. The smallest absolute Gasteiger partial charge is 0.225 e. The van der Waals surface area contributed by atoms with Crippen molar-refractivity contribution in [3.05, 3.63) is 59.6 Å². The molecule has 0 radical (unpaired) electrons. The molecule has 0 aliphatic carbocycles. The van der Waals surface area contributed by atoms with Crippen molar-refractivity contribution >= 4 is 34.0 Å². The van der Waals surface area contributed by atoms with Crippen LogP contribution in [0.5, 0.6) is 0 Å². The summed E-state index contributed by atoms with van der Waals surface area (Å²) in [6.45, 7) is 0. The molecule has 3 nitrogen and oxygen atoms in total. The molecule has 0 aliphatic rings. The molecule has 100 valence electrons. The highest BCUT2D eigenvalue weighted by Gasteiger charge is 2.14. The van der Waals surface area contributed by atoms with Gasteiger partial charge < -0.3 is 4.90 Å². The lowest BCUT2D eigenvalue weighted by Crippen LogP contribution is -2.12. The summed E-state index contributed by atoms with van der Waals surface area (Å²) in [6, 6.07) is 14.5. The maximum Gasteiger partial charge on any atom is 0.225 e. The second-order valence-corrected chi connectivity index (χ2v) is 4.68. The topological polar surface area (TPSA) is 29.0 Å². The first kappa shape index (κ1) is 12.8. The Balaban J connectivity index is 2.23. The van der Waals surface area contributed by atoms with E-state index in [1.54, 1.807) is 12.1 Å². The molecule has 0 spiro atoms. The number of nitrogens with zero attached hydrogens (tertiary/aromatic N) is 3. The third-order valence-electron chi connectivity index (χ3n) is 3.09. The molecular formula is C15H11ClFN3. The summed E-state index contributed by atoms with van der Waals surface area (Å²) in [6.07, 6.45) is 0. The summed E-state index contributed by atoms with van der Waals surface area (Å²) in [4.78, 5) is 10.1. The Morgan fingerprint density at radius 2 is 1.75 bits per heavy atom. The molecule has 0 aliphatic heterocycles. The molecule has 0 bridgehead atoms. The molecule has 0 fully saturated rings. The van der Waals surface area contributed by atoms with Crippen LogP contribution in [0.3, 0.4) is 0 Å². The van der Waals surface area contributed by atoms with E-state index < -0.39 is 5.82 Å². The first-order valence-electron chi connectivity index (χ1n) is 6.07. The molecule has 0 saturated heterocycles. The summed E-state index contributed by atoms with van der Waals surface area (Å²) < 4.78 is 13.8. The molecule has 0 amide bonds. The monoisotopic (exact) mass is 287 g/mol. The van der Waals surface area contributed by atoms with Crippen LogP contribution in [-0.2, 0) is 0 Å². The molecule has 3 aromatic rings. The maximum atomic E-state index is 13.8. The van der Waals surface area contributed by atoms with Gasteiger partial charge in [-0.05, 0) is 35.9 Å². The van der Waals surface area contributed by atoms with E-state index in [-0.39, 0.29) is 10.8 Å². The van der Waals surface area contributed by atoms with Gasteiger partial charge >= 0.3 is 0 Å². The van der Waals surface area contributed by atoms with Gasteiger partial charge in [-0.15, -0.1) is 0 Å². The van der Waals surface area contributed by atoms with E-state index in [9.17, 15) is 4.39 Å². The molecule has 0 unspecified atom stereocenters. The van der Waals surface area contributed by atoms with Gasteiger partial charge in [-0.25, -0.2) is 9.37 Å². The lowest BCUT2D eigenvalue weighted by molar-refractivity contribution is 0.636. The Hall–Kier alpha value is -2.20. The fraction of sp³-hybridized carbons (Fsp3) is 0.0667. The zero-order valence-corrected chi connectivity index (χ0v) is 11.5. The number of para-hydroxylation sites is 2. The summed E-state index contributed by atoms with van der Waals surface area (Å²) in [5.41, 5.74) is 1.16. The second-order valence-electron chi connectivity index (χ2n) is 4.35. The fourth-order valence-electron chi connectivity index (χ4n) is 2.10. The Labute approximate surface area is 120 Å². The van der Waals surface area contributed by atoms with Crippen LogP contribution < -0.4 is 4.90 Å². The highest BCUT2D eigenvalue weighted by molar-refractivity contribution is 6.28. The average molecular weight is 288 g/mol. The van der Waals surface area contributed by atoms with E-state index in [1.165, 1.54) is 6.07 Å². The Bertz CT molecular complexity index is 762. The molecule has 0 atom stereocenters. The Morgan fingerprint density at radius 3 is 2.50 bits per heavy atom. The Morgan fingerprint density at radius 1 is 1.00 bits per heavy atom. The summed E-state index contributed by atoms with van der Waals surface area (Å²) in [7, 11) is 1.86. The molecule has 2 aromatic carbocycles. The molecule has 1 aromatic heterocycles. The van der Waals surface area contributed by atoms with Crippen molar-refractivity contribution in [3.8, 4) is 0 Å². The van der Waals surface area contributed by atoms with Crippen molar-refractivity contribution in [3.63, 3.8) is 0 Å². The standard InChI is InChI=1S/C15H11ClFN3/c1-20(10-6-3-2-4-7-10)14-11-8-5-9-12(17)13(11)18-15(16)19-14/h2-9H,1H3. The van der Waals surface area contributed by atoms with E-state index in [0.717, 1.165) is 5.69 Å². The van der Waals surface area contributed by atoms with Crippen LogP contribution in [0.15, 0.2) is 48.5 Å². The molecule has 0 saturated carbocycles. The molecule has 20 heavy (non-hydrogen) atoms. The van der Waals surface area contributed by atoms with Crippen LogP contribution in [0.4, 0.5) is 15.9 Å². The van der Waals surface area contributed by atoms with Crippen LogP contribution in [0, 0.1) is 5.82 Å². The summed E-state index contributed by atoms with van der Waals surface area (Å²) in [5.74, 6) is 0.167. The van der Waals surface area contributed by atoms with Crippen LogP contribution in [0.2, 0.25) is 5.28 Å². The van der Waals surface area contributed by atoms with E-state index in [0.29, 0.717) is 11.2 Å². The number of halogens is 2. The summed E-state index contributed by atoms with van der Waals surface area (Å²) >= 11 is 5.91. The number of hydrogen-bond donors (Lipinski definition) is 0. The van der Waals surface area contributed by atoms with Gasteiger partial charge in [0.25, 0.3) is 0 Å². The lowest BCUT2D eigenvalue weighted by atomic mass is 10.2. The van der Waals surface area contributed by atoms with Crippen molar-refractivity contribution < 1.29 is 4.39 Å². The van der Waals surface area contributed by atoms with Gasteiger partial charge in [-0.1, -0.05) is 24.3 Å². The van der Waals surface area contributed by atoms with Gasteiger partial charge in [0.15, 0.2) is 0 Å². The zero-order valence-electron chi connectivity index (χ0n) is 10.7. The highest BCUT2D eigenvalue weighted by atomic mass is 35.5. The van der Waals surface area contributed by atoms with Gasteiger partial charge in [0, 0.05) is 18.1 Å². The van der Waals surface area contributed by atoms with Gasteiger partial charge in [0.2, 0.25) is 5.28 Å². The second kappa shape index (κ2) is 5.06. The normalized spacial score (nSPS) is 10.8. The summed E-state index contributed by atoms with van der Waals surface area (Å²) in [5, 5.41) is 0.654. The minimum atomic E-state index is -0.408. The first-order valence-corrected chi connectivity index (χ1v) is 6.45. The van der Waals surface area contributed by atoms with Crippen LogP contribution >= 0.6 is 11.6 Å². The van der Waals surface area contributed by atoms with Gasteiger partial charge in [-0.3, -0.25) is 0 Å². The largest absolute Gasteiger partial charge is 0.329 e. The van der Waals surface area contributed by atoms with E-state index >= 15 is 0 Å². The van der Waals surface area contributed by atoms with Crippen molar-refractivity contribution in [1.29, 1.82) is 0 Å². The van der Waals surface area contributed by atoms with Crippen molar-refractivity contribution in [2.24, 2.45) is 0 Å². The zero-order chi connectivity index (χ0) is 14.1. The number of fused-ring (bicyclic) bond motifs is 1. The molecule has 5 heteroatoms. The first-order chi connectivity index (χ1) is 9.66. The van der Waals surface area contributed by atoms with Crippen LogP contribution in [0.25, 0.3) is 10.9 Å². The van der Waals surface area contributed by atoms with Gasteiger partial charge in [0.1, 0.15) is 17.2 Å². The predicted octanol–water partition coefficient (Wildman–Crippen LogP) is 4.19. The van der Waals surface area contributed by atoms with Gasteiger partial charge in [-0.2, -0.15) is 4.98 Å². The van der Waals surface area contributed by atoms with Crippen molar-refractivity contribution in [2.45, 2.75) is 0 Å². The fourth-order valence-corrected chi connectivity index (χ4v) is 2.27. The van der Waals surface area contributed by atoms with E-state index in [1.807, 2.05) is 42.3 Å². The minimum Gasteiger partial charge on any atom is -0.329 e. The number of hydrogen-bond acceptors (Lipinski definition) is 3. The molecule has 1 heterocycles. The predicted molar refractivity (Wildman–Crippen MR) is 79.0 cm³/mol. The van der Waals surface area contributed by atoms with E-state index in [4.69, 9.17) is 11.6 Å². The van der Waals surface area contributed by atoms with Crippen molar-refractivity contribution in [2.75, 3.05) is 11.9 Å². The molecule has 3 rings (SSSR count).